The molecule has 0 spiro atoms. The van der Waals surface area contributed by atoms with Crippen LogP contribution in [0.1, 0.15) is 278 Å². The third-order valence-corrected chi connectivity index (χ3v) is 12.2. The standard InChI is InChI=1S/C61H106O6/c1-4-7-10-13-16-19-22-25-27-29-30-32-34-37-39-42-45-48-51-54-60(63)66-57-58(67-61(64)55-52-49-46-43-40-35-24-21-18-15-12-9-6-3)56-65-59(62)53-50-47-44-41-38-36-33-31-28-26-23-20-17-14-11-8-5-2/h16-17,19-20,25-28,33,36,41,44,58H,4-15,18,21-24,29-32,34-35,37-40,42-43,45-57H2,1-3H3/b19-16-,20-17-,27-25-,28-26-,36-33-,44-41-/t58-/m0/s1. The average molecular weight is 936 g/mol. The number of ether oxygens (including phenoxy) is 3. The minimum absolute atomic E-state index is 0.0926. The van der Waals surface area contributed by atoms with Gasteiger partial charge in [-0.3, -0.25) is 14.4 Å². The summed E-state index contributed by atoms with van der Waals surface area (Å²) in [7, 11) is 0. The van der Waals surface area contributed by atoms with Crippen LogP contribution in [-0.2, 0) is 28.6 Å². The normalized spacial score (nSPS) is 12.6. The van der Waals surface area contributed by atoms with Crippen molar-refractivity contribution >= 4 is 17.9 Å². The Morgan fingerprint density at radius 1 is 0.299 bits per heavy atom. The molecule has 386 valence electrons. The number of hydrogen-bond donors (Lipinski definition) is 0. The second-order valence-electron chi connectivity index (χ2n) is 18.8. The van der Waals surface area contributed by atoms with E-state index in [2.05, 4.69) is 93.7 Å². The summed E-state index contributed by atoms with van der Waals surface area (Å²) in [6, 6.07) is 0. The molecule has 0 amide bonds. The zero-order valence-electron chi connectivity index (χ0n) is 44.2. The quantitative estimate of drug-likeness (QED) is 0.0262. The van der Waals surface area contributed by atoms with Gasteiger partial charge in [0.1, 0.15) is 13.2 Å². The topological polar surface area (TPSA) is 78.9 Å². The lowest BCUT2D eigenvalue weighted by atomic mass is 10.0. The minimum atomic E-state index is -0.797. The van der Waals surface area contributed by atoms with Crippen molar-refractivity contribution in [2.24, 2.45) is 0 Å². The number of carbonyl (C=O) groups excluding carboxylic acids is 3. The lowest BCUT2D eigenvalue weighted by molar-refractivity contribution is -0.167. The summed E-state index contributed by atoms with van der Waals surface area (Å²) < 4.78 is 16.8. The van der Waals surface area contributed by atoms with Gasteiger partial charge >= 0.3 is 17.9 Å². The molecule has 0 rings (SSSR count). The maximum absolute atomic E-state index is 12.8. The number of carbonyl (C=O) groups is 3. The van der Waals surface area contributed by atoms with Crippen molar-refractivity contribution in [1.29, 1.82) is 0 Å². The minimum Gasteiger partial charge on any atom is -0.462 e. The summed E-state index contributed by atoms with van der Waals surface area (Å²) in [5, 5.41) is 0. The highest BCUT2D eigenvalue weighted by atomic mass is 16.6. The van der Waals surface area contributed by atoms with Crippen LogP contribution in [0.2, 0.25) is 0 Å². The van der Waals surface area contributed by atoms with Gasteiger partial charge in [-0.25, -0.2) is 0 Å². The van der Waals surface area contributed by atoms with E-state index in [1.807, 2.05) is 0 Å². The zero-order chi connectivity index (χ0) is 48.6. The Hall–Kier alpha value is -3.15. The molecule has 0 aliphatic carbocycles. The molecular weight excluding hydrogens is 829 g/mol. The van der Waals surface area contributed by atoms with Gasteiger partial charge < -0.3 is 14.2 Å². The molecular formula is C61H106O6. The predicted octanol–water partition coefficient (Wildman–Crippen LogP) is 19.0. The number of allylic oxidation sites excluding steroid dienone is 12. The van der Waals surface area contributed by atoms with Gasteiger partial charge in [0.05, 0.1) is 0 Å². The van der Waals surface area contributed by atoms with E-state index in [1.165, 1.54) is 161 Å². The van der Waals surface area contributed by atoms with Crippen molar-refractivity contribution in [3.63, 3.8) is 0 Å². The fourth-order valence-corrected chi connectivity index (χ4v) is 7.88. The summed E-state index contributed by atoms with van der Waals surface area (Å²) in [6.07, 6.45) is 70.3. The fourth-order valence-electron chi connectivity index (χ4n) is 7.88. The molecule has 6 nitrogen and oxygen atoms in total. The molecule has 0 saturated heterocycles. The van der Waals surface area contributed by atoms with Gasteiger partial charge in [-0.2, -0.15) is 0 Å². The Morgan fingerprint density at radius 3 is 0.925 bits per heavy atom. The van der Waals surface area contributed by atoms with E-state index < -0.39 is 6.10 Å². The number of esters is 3. The van der Waals surface area contributed by atoms with Crippen molar-refractivity contribution in [3.8, 4) is 0 Å². The van der Waals surface area contributed by atoms with Crippen LogP contribution in [0, 0.1) is 0 Å². The van der Waals surface area contributed by atoms with Crippen molar-refractivity contribution in [3.05, 3.63) is 72.9 Å². The molecule has 0 heterocycles. The summed E-state index contributed by atoms with van der Waals surface area (Å²) >= 11 is 0. The van der Waals surface area contributed by atoms with Crippen LogP contribution in [0.15, 0.2) is 72.9 Å². The fraction of sp³-hybridized carbons (Fsp3) is 0.754. The first kappa shape index (κ1) is 63.8. The van der Waals surface area contributed by atoms with E-state index in [1.54, 1.807) is 0 Å². The summed E-state index contributed by atoms with van der Waals surface area (Å²) in [5.74, 6) is -0.946. The number of unbranched alkanes of at least 4 members (excludes halogenated alkanes) is 28. The van der Waals surface area contributed by atoms with E-state index in [9.17, 15) is 14.4 Å². The zero-order valence-corrected chi connectivity index (χ0v) is 44.2. The Labute approximate surface area is 414 Å². The highest BCUT2D eigenvalue weighted by molar-refractivity contribution is 5.71. The van der Waals surface area contributed by atoms with Gasteiger partial charge in [-0.15, -0.1) is 0 Å². The SMILES string of the molecule is CCCCC/C=C\C/C=C\C/C=C\C/C=C\CCCC(=O)OC[C@@H](COC(=O)CCCCCCCCCCC/C=C\C/C=C\CCCCC)OC(=O)CCCCCCCCCCCCCCC. The molecule has 67 heavy (non-hydrogen) atoms. The molecule has 0 aromatic heterocycles. The Balaban J connectivity index is 4.42. The Morgan fingerprint density at radius 2 is 0.552 bits per heavy atom. The van der Waals surface area contributed by atoms with Gasteiger partial charge in [0.2, 0.25) is 0 Å². The number of rotatable bonds is 51. The van der Waals surface area contributed by atoms with E-state index in [0.29, 0.717) is 19.3 Å². The molecule has 0 fully saturated rings. The first-order chi connectivity index (χ1) is 33.0. The monoisotopic (exact) mass is 935 g/mol. The van der Waals surface area contributed by atoms with E-state index in [4.69, 9.17) is 14.2 Å². The van der Waals surface area contributed by atoms with Crippen LogP contribution >= 0.6 is 0 Å². The molecule has 0 aromatic carbocycles. The number of hydrogen-bond acceptors (Lipinski definition) is 6. The smallest absolute Gasteiger partial charge is 0.306 e. The molecule has 0 radical (unpaired) electrons. The second-order valence-corrected chi connectivity index (χ2v) is 18.8. The summed E-state index contributed by atoms with van der Waals surface area (Å²) in [6.45, 7) is 6.55. The largest absolute Gasteiger partial charge is 0.462 e. The molecule has 0 aliphatic rings. The first-order valence-corrected chi connectivity index (χ1v) is 28.4. The Kier molecular flexibility index (Phi) is 52.8. The molecule has 0 bridgehead atoms. The molecule has 0 N–H and O–H groups in total. The highest BCUT2D eigenvalue weighted by Gasteiger charge is 2.19. The maximum atomic E-state index is 12.8. The van der Waals surface area contributed by atoms with Gasteiger partial charge in [0, 0.05) is 19.3 Å². The van der Waals surface area contributed by atoms with Crippen LogP contribution in [0.25, 0.3) is 0 Å². The average Bonchev–Trinajstić information content (AvgIpc) is 3.33. The summed E-state index contributed by atoms with van der Waals surface area (Å²) in [5.41, 5.74) is 0. The lowest BCUT2D eigenvalue weighted by Crippen LogP contribution is -2.30. The predicted molar refractivity (Wildman–Crippen MR) is 288 cm³/mol. The van der Waals surface area contributed by atoms with E-state index in [-0.39, 0.29) is 37.5 Å². The molecule has 0 saturated carbocycles. The van der Waals surface area contributed by atoms with Gasteiger partial charge in [0.15, 0.2) is 6.10 Å². The van der Waals surface area contributed by atoms with Crippen LogP contribution in [0.4, 0.5) is 0 Å². The van der Waals surface area contributed by atoms with Crippen LogP contribution in [-0.4, -0.2) is 37.2 Å². The second kappa shape index (κ2) is 55.4. The third kappa shape index (κ3) is 53.7. The molecule has 0 aromatic rings. The highest BCUT2D eigenvalue weighted by Crippen LogP contribution is 2.15. The van der Waals surface area contributed by atoms with Gasteiger partial charge in [0.25, 0.3) is 0 Å². The maximum Gasteiger partial charge on any atom is 0.306 e. The van der Waals surface area contributed by atoms with Crippen molar-refractivity contribution < 1.29 is 28.6 Å². The third-order valence-electron chi connectivity index (χ3n) is 12.2. The Bertz CT molecular complexity index is 1260. The molecule has 6 heteroatoms. The van der Waals surface area contributed by atoms with Crippen LogP contribution in [0.3, 0.4) is 0 Å². The molecule has 1 atom stereocenters. The summed E-state index contributed by atoms with van der Waals surface area (Å²) in [4.78, 5) is 38.1. The molecule has 0 aliphatic heterocycles. The van der Waals surface area contributed by atoms with E-state index in [0.717, 1.165) is 70.6 Å². The van der Waals surface area contributed by atoms with Crippen LogP contribution in [0.5, 0.6) is 0 Å². The van der Waals surface area contributed by atoms with Gasteiger partial charge in [-0.1, -0.05) is 241 Å². The van der Waals surface area contributed by atoms with Crippen molar-refractivity contribution in [2.75, 3.05) is 13.2 Å². The van der Waals surface area contributed by atoms with Gasteiger partial charge in [-0.05, 0) is 89.9 Å². The van der Waals surface area contributed by atoms with Crippen molar-refractivity contribution in [2.45, 2.75) is 284 Å². The van der Waals surface area contributed by atoms with Crippen molar-refractivity contribution in [1.82, 2.24) is 0 Å². The lowest BCUT2D eigenvalue weighted by Gasteiger charge is -2.18. The van der Waals surface area contributed by atoms with Crippen LogP contribution < -0.4 is 0 Å². The molecule has 0 unspecified atom stereocenters. The first-order valence-electron chi connectivity index (χ1n) is 28.4. The van der Waals surface area contributed by atoms with E-state index >= 15 is 0 Å².